The minimum absolute atomic E-state index is 0.0639. The normalized spacial score (nSPS) is 16.1. The Morgan fingerprint density at radius 1 is 1.07 bits per heavy atom. The summed E-state index contributed by atoms with van der Waals surface area (Å²) in [6.07, 6.45) is 1.68. The average Bonchev–Trinajstić information content (AvgIpc) is 2.77. The van der Waals surface area contributed by atoms with Crippen LogP contribution in [0.3, 0.4) is 0 Å². The average molecular weight is 408 g/mol. The molecule has 2 amide bonds. The molecular weight excluding hydrogens is 380 g/mol. The number of nitrogens with one attached hydrogen (secondary N) is 1. The smallest absolute Gasteiger partial charge is 0.306 e. The van der Waals surface area contributed by atoms with E-state index in [1.807, 2.05) is 36.4 Å². The van der Waals surface area contributed by atoms with E-state index in [2.05, 4.69) is 29.1 Å². The highest BCUT2D eigenvalue weighted by Crippen LogP contribution is 2.25. The predicted molar refractivity (Wildman–Crippen MR) is 116 cm³/mol. The van der Waals surface area contributed by atoms with Crippen molar-refractivity contribution in [3.05, 3.63) is 54.1 Å². The fourth-order valence-corrected chi connectivity index (χ4v) is 3.73. The van der Waals surface area contributed by atoms with Gasteiger partial charge in [-0.25, -0.2) is 0 Å². The molecular formula is C24H28N2O4. The largest absolute Gasteiger partial charge is 0.469 e. The molecule has 0 radical (unpaired) electrons. The number of methoxy groups -OCH3 is 1. The molecule has 6 nitrogen and oxygen atoms in total. The maximum Gasteiger partial charge on any atom is 0.306 e. The predicted octanol–water partition coefficient (Wildman–Crippen LogP) is 3.79. The van der Waals surface area contributed by atoms with Crippen molar-refractivity contribution in [2.45, 2.75) is 32.6 Å². The highest BCUT2D eigenvalue weighted by Gasteiger charge is 2.28. The number of aryl methyl sites for hydroxylation is 1. The van der Waals surface area contributed by atoms with Gasteiger partial charge in [-0.15, -0.1) is 0 Å². The van der Waals surface area contributed by atoms with Crippen molar-refractivity contribution in [1.29, 1.82) is 0 Å². The van der Waals surface area contributed by atoms with Crippen molar-refractivity contribution in [1.82, 2.24) is 4.90 Å². The summed E-state index contributed by atoms with van der Waals surface area (Å²) in [6.45, 7) is 3.05. The van der Waals surface area contributed by atoms with Crippen LogP contribution in [0.5, 0.6) is 0 Å². The molecule has 158 valence electrons. The molecule has 1 fully saturated rings. The first-order valence-electron chi connectivity index (χ1n) is 10.3. The number of ether oxygens (including phenoxy) is 1. The van der Waals surface area contributed by atoms with Gasteiger partial charge in [-0.3, -0.25) is 14.4 Å². The third kappa shape index (κ3) is 5.69. The Balaban J connectivity index is 1.61. The van der Waals surface area contributed by atoms with Crippen molar-refractivity contribution in [3.8, 4) is 11.1 Å². The van der Waals surface area contributed by atoms with E-state index in [1.54, 1.807) is 4.90 Å². The summed E-state index contributed by atoms with van der Waals surface area (Å²) in [4.78, 5) is 38.1. The lowest BCUT2D eigenvalue weighted by molar-refractivity contribution is -0.144. The number of esters is 1. The summed E-state index contributed by atoms with van der Waals surface area (Å²) in [5.74, 6) is -0.854. The van der Waals surface area contributed by atoms with Gasteiger partial charge < -0.3 is 15.0 Å². The number of anilines is 1. The first-order valence-corrected chi connectivity index (χ1v) is 10.3. The third-order valence-corrected chi connectivity index (χ3v) is 5.40. The van der Waals surface area contributed by atoms with E-state index < -0.39 is 5.97 Å². The Hall–Kier alpha value is -3.15. The molecule has 1 atom stereocenters. The zero-order valence-electron chi connectivity index (χ0n) is 17.5. The van der Waals surface area contributed by atoms with Gasteiger partial charge in [0.15, 0.2) is 0 Å². The molecule has 0 saturated carbocycles. The van der Waals surface area contributed by atoms with Crippen LogP contribution < -0.4 is 5.32 Å². The van der Waals surface area contributed by atoms with Gasteiger partial charge in [0.1, 0.15) is 0 Å². The quantitative estimate of drug-likeness (QED) is 0.738. The zero-order chi connectivity index (χ0) is 21.5. The summed E-state index contributed by atoms with van der Waals surface area (Å²) in [5.41, 5.74) is 4.07. The van der Waals surface area contributed by atoms with Crippen molar-refractivity contribution in [2.75, 3.05) is 25.5 Å². The number of hydrogen-bond acceptors (Lipinski definition) is 4. The number of hydrogen-bond donors (Lipinski definition) is 1. The molecule has 0 unspecified atom stereocenters. The highest BCUT2D eigenvalue weighted by molar-refractivity contribution is 5.94. The topological polar surface area (TPSA) is 75.7 Å². The molecule has 3 rings (SSSR count). The Morgan fingerprint density at radius 3 is 2.53 bits per heavy atom. The second-order valence-electron chi connectivity index (χ2n) is 7.69. The van der Waals surface area contributed by atoms with Crippen LogP contribution in [0, 0.1) is 12.8 Å². The van der Waals surface area contributed by atoms with E-state index in [4.69, 9.17) is 0 Å². The zero-order valence-corrected chi connectivity index (χ0v) is 17.5. The van der Waals surface area contributed by atoms with Gasteiger partial charge in [-0.1, -0.05) is 42.0 Å². The molecule has 1 heterocycles. The molecule has 0 bridgehead atoms. The van der Waals surface area contributed by atoms with Gasteiger partial charge in [-0.2, -0.15) is 0 Å². The first kappa shape index (κ1) is 21.6. The summed E-state index contributed by atoms with van der Waals surface area (Å²) < 4.78 is 4.59. The van der Waals surface area contributed by atoms with E-state index in [0.717, 1.165) is 29.7 Å². The number of likely N-dealkylation sites (tertiary alicyclic amines) is 1. The molecule has 0 aliphatic carbocycles. The number of rotatable bonds is 6. The Morgan fingerprint density at radius 2 is 1.80 bits per heavy atom. The molecule has 6 heteroatoms. The van der Waals surface area contributed by atoms with Gasteiger partial charge >= 0.3 is 5.97 Å². The molecule has 0 aromatic heterocycles. The van der Waals surface area contributed by atoms with E-state index in [1.165, 1.54) is 12.7 Å². The highest BCUT2D eigenvalue weighted by atomic mass is 16.5. The minimum Gasteiger partial charge on any atom is -0.469 e. The maximum atomic E-state index is 12.8. The summed E-state index contributed by atoms with van der Waals surface area (Å²) in [6, 6.07) is 16.0. The lowest BCUT2D eigenvalue weighted by Crippen LogP contribution is -2.43. The summed E-state index contributed by atoms with van der Waals surface area (Å²) >= 11 is 0. The molecule has 2 aromatic carbocycles. The number of piperidine rings is 1. The van der Waals surface area contributed by atoms with Gasteiger partial charge in [-0.05, 0) is 43.0 Å². The molecule has 0 spiro atoms. The number of benzene rings is 2. The monoisotopic (exact) mass is 408 g/mol. The van der Waals surface area contributed by atoms with Crippen LogP contribution in [-0.2, 0) is 19.1 Å². The fraction of sp³-hybridized carbons (Fsp3) is 0.375. The second kappa shape index (κ2) is 10.1. The second-order valence-corrected chi connectivity index (χ2v) is 7.69. The number of carbonyl (C=O) groups is 3. The first-order chi connectivity index (χ1) is 14.5. The number of carbonyl (C=O) groups excluding carboxylic acids is 3. The van der Waals surface area contributed by atoms with Gasteiger partial charge in [0.05, 0.1) is 19.4 Å². The van der Waals surface area contributed by atoms with E-state index in [9.17, 15) is 14.4 Å². The van der Waals surface area contributed by atoms with Crippen molar-refractivity contribution in [3.63, 3.8) is 0 Å². The van der Waals surface area contributed by atoms with Crippen LogP contribution in [0.25, 0.3) is 11.1 Å². The van der Waals surface area contributed by atoms with Crippen LogP contribution in [0.4, 0.5) is 5.69 Å². The van der Waals surface area contributed by atoms with Crippen LogP contribution in [0.2, 0.25) is 0 Å². The Kier molecular flexibility index (Phi) is 7.22. The van der Waals surface area contributed by atoms with Crippen molar-refractivity contribution < 1.29 is 19.1 Å². The number of amides is 2. The Bertz CT molecular complexity index is 925. The standard InChI is InChI=1S/C24H28N2O4/c1-17-6-3-7-18(14-17)19-8-4-10-21(15-19)25-24(29)20-9-5-13-26(16-20)22(27)11-12-23(28)30-2/h3-4,6-8,10,14-15,20H,5,9,11-13,16H2,1-2H3,(H,25,29)/t20-/m0/s1. The van der Waals surface area contributed by atoms with Crippen LogP contribution in [-0.4, -0.2) is 42.9 Å². The molecule has 1 aliphatic heterocycles. The molecule has 1 saturated heterocycles. The SMILES string of the molecule is COC(=O)CCC(=O)N1CCC[C@H](C(=O)Nc2cccc(-c3cccc(C)c3)c2)C1. The summed E-state index contributed by atoms with van der Waals surface area (Å²) in [7, 11) is 1.31. The molecule has 1 N–H and O–H groups in total. The lowest BCUT2D eigenvalue weighted by atomic mass is 9.96. The van der Waals surface area contributed by atoms with Crippen LogP contribution >= 0.6 is 0 Å². The molecule has 30 heavy (non-hydrogen) atoms. The fourth-order valence-electron chi connectivity index (χ4n) is 3.73. The summed E-state index contributed by atoms with van der Waals surface area (Å²) in [5, 5.41) is 3.00. The van der Waals surface area contributed by atoms with E-state index >= 15 is 0 Å². The minimum atomic E-state index is -0.400. The van der Waals surface area contributed by atoms with E-state index in [-0.39, 0.29) is 30.6 Å². The van der Waals surface area contributed by atoms with Crippen molar-refractivity contribution >= 4 is 23.5 Å². The van der Waals surface area contributed by atoms with Crippen LogP contribution in [0.1, 0.15) is 31.2 Å². The van der Waals surface area contributed by atoms with Gasteiger partial charge in [0.2, 0.25) is 11.8 Å². The van der Waals surface area contributed by atoms with E-state index in [0.29, 0.717) is 13.1 Å². The van der Waals surface area contributed by atoms with Crippen LogP contribution in [0.15, 0.2) is 48.5 Å². The lowest BCUT2D eigenvalue weighted by Gasteiger charge is -2.32. The third-order valence-electron chi connectivity index (χ3n) is 5.40. The number of nitrogens with zero attached hydrogens (tertiary/aromatic N) is 1. The molecule has 2 aromatic rings. The van der Waals surface area contributed by atoms with Gasteiger partial charge in [0.25, 0.3) is 0 Å². The Labute approximate surface area is 177 Å². The van der Waals surface area contributed by atoms with Crippen molar-refractivity contribution in [2.24, 2.45) is 5.92 Å². The molecule has 1 aliphatic rings. The maximum absolute atomic E-state index is 12.8. The van der Waals surface area contributed by atoms with Gasteiger partial charge in [0, 0.05) is 25.2 Å².